The van der Waals surface area contributed by atoms with E-state index < -0.39 is 0 Å². The molecular weight excluding hydrogens is 224 g/mol. The highest BCUT2D eigenvalue weighted by Gasteiger charge is 2.07. The van der Waals surface area contributed by atoms with Gasteiger partial charge in [-0.3, -0.25) is 0 Å². The number of benzene rings is 1. The Hall–Kier alpha value is -0.550. The summed E-state index contributed by atoms with van der Waals surface area (Å²) in [5.41, 5.74) is 1.02. The van der Waals surface area contributed by atoms with Gasteiger partial charge in [0.1, 0.15) is 0 Å². The molecule has 0 spiro atoms. The van der Waals surface area contributed by atoms with E-state index in [1.807, 2.05) is 31.2 Å². The van der Waals surface area contributed by atoms with E-state index in [2.05, 4.69) is 0 Å². The molecule has 1 aromatic carbocycles. The van der Waals surface area contributed by atoms with Crippen LogP contribution in [0.3, 0.4) is 0 Å². The van der Waals surface area contributed by atoms with Crippen molar-refractivity contribution in [1.29, 1.82) is 0 Å². The fourth-order valence-electron chi connectivity index (χ4n) is 1.28. The van der Waals surface area contributed by atoms with Crippen LogP contribution < -0.4 is 0 Å². The molecule has 0 atom stereocenters. The van der Waals surface area contributed by atoms with Gasteiger partial charge in [-0.1, -0.05) is 23.9 Å². The molecule has 3 nitrogen and oxygen atoms in total. The van der Waals surface area contributed by atoms with Crippen molar-refractivity contribution in [2.24, 2.45) is 0 Å². The van der Waals surface area contributed by atoms with Gasteiger partial charge < -0.3 is 14.2 Å². The van der Waals surface area contributed by atoms with Gasteiger partial charge in [-0.05, 0) is 19.1 Å². The lowest BCUT2D eigenvalue weighted by Gasteiger charge is -2.13. The third-order valence-corrected chi connectivity index (χ3v) is 2.98. The highest BCUT2D eigenvalue weighted by molar-refractivity contribution is 7.99. The van der Waals surface area contributed by atoms with Crippen LogP contribution in [0.4, 0.5) is 0 Å². The number of ether oxygens (including phenoxy) is 3. The zero-order valence-corrected chi connectivity index (χ0v) is 10.8. The van der Waals surface area contributed by atoms with E-state index in [1.54, 1.807) is 26.0 Å². The first-order chi connectivity index (χ1) is 7.81. The van der Waals surface area contributed by atoms with Crippen molar-refractivity contribution >= 4 is 11.8 Å². The van der Waals surface area contributed by atoms with Crippen molar-refractivity contribution in [2.75, 3.05) is 26.8 Å². The predicted octanol–water partition coefficient (Wildman–Crippen LogP) is 3.06. The quantitative estimate of drug-likeness (QED) is 0.417. The summed E-state index contributed by atoms with van der Waals surface area (Å²) in [5, 5.41) is 0. The minimum absolute atomic E-state index is 0.286. The van der Waals surface area contributed by atoms with Crippen molar-refractivity contribution in [3.8, 4) is 0 Å². The van der Waals surface area contributed by atoms with Gasteiger partial charge >= 0.3 is 0 Å². The molecule has 0 saturated carbocycles. The molecule has 0 heterocycles. The summed E-state index contributed by atoms with van der Waals surface area (Å²) in [5.74, 6) is 0.688. The standard InChI is InChI=1S/C12H18O3S/c1-4-15-9-16-11-7-5-10(6-8-11)12(13-2)14-3/h5-8,12H,4,9H2,1-3H3. The van der Waals surface area contributed by atoms with E-state index in [-0.39, 0.29) is 6.29 Å². The molecule has 0 amide bonds. The molecule has 0 aliphatic heterocycles. The molecule has 16 heavy (non-hydrogen) atoms. The van der Waals surface area contributed by atoms with Crippen LogP contribution in [0.15, 0.2) is 29.2 Å². The molecule has 90 valence electrons. The van der Waals surface area contributed by atoms with Crippen molar-refractivity contribution < 1.29 is 14.2 Å². The first-order valence-corrected chi connectivity index (χ1v) is 6.16. The topological polar surface area (TPSA) is 27.7 Å². The summed E-state index contributed by atoms with van der Waals surface area (Å²) in [4.78, 5) is 1.18. The maximum absolute atomic E-state index is 5.27. The molecule has 1 aromatic rings. The fraction of sp³-hybridized carbons (Fsp3) is 0.500. The third kappa shape index (κ3) is 4.14. The normalized spacial score (nSPS) is 11.0. The van der Waals surface area contributed by atoms with Gasteiger partial charge in [0.2, 0.25) is 0 Å². The summed E-state index contributed by atoms with van der Waals surface area (Å²) >= 11 is 1.68. The van der Waals surface area contributed by atoms with E-state index >= 15 is 0 Å². The highest BCUT2D eigenvalue weighted by Crippen LogP contribution is 2.22. The molecule has 0 aromatic heterocycles. The minimum atomic E-state index is -0.286. The van der Waals surface area contributed by atoms with Gasteiger partial charge in [-0.15, -0.1) is 0 Å². The largest absolute Gasteiger partial charge is 0.371 e. The number of methoxy groups -OCH3 is 2. The number of thioether (sulfide) groups is 1. The molecule has 0 aliphatic rings. The zero-order chi connectivity index (χ0) is 11.8. The van der Waals surface area contributed by atoms with Gasteiger partial charge in [0, 0.05) is 31.3 Å². The summed E-state index contributed by atoms with van der Waals surface area (Å²) in [6.45, 7) is 2.74. The summed E-state index contributed by atoms with van der Waals surface area (Å²) in [6.07, 6.45) is -0.286. The molecular formula is C12H18O3S. The Morgan fingerprint density at radius 2 is 1.75 bits per heavy atom. The molecule has 0 N–H and O–H groups in total. The maximum Gasteiger partial charge on any atom is 0.183 e. The average molecular weight is 242 g/mol. The van der Waals surface area contributed by atoms with E-state index in [9.17, 15) is 0 Å². The Bertz CT molecular complexity index is 283. The molecule has 0 radical (unpaired) electrons. The van der Waals surface area contributed by atoms with Crippen LogP contribution in [0.2, 0.25) is 0 Å². The van der Waals surface area contributed by atoms with Gasteiger partial charge in [-0.25, -0.2) is 0 Å². The van der Waals surface area contributed by atoms with Crippen molar-refractivity contribution in [3.05, 3.63) is 29.8 Å². The van der Waals surface area contributed by atoms with E-state index in [0.29, 0.717) is 5.94 Å². The second-order valence-electron chi connectivity index (χ2n) is 3.13. The molecule has 0 aliphatic carbocycles. The Kier molecular flexibility index (Phi) is 6.49. The lowest BCUT2D eigenvalue weighted by atomic mass is 10.2. The van der Waals surface area contributed by atoms with Gasteiger partial charge in [0.25, 0.3) is 0 Å². The molecule has 0 bridgehead atoms. The van der Waals surface area contributed by atoms with Crippen LogP contribution in [-0.4, -0.2) is 26.8 Å². The molecule has 4 heteroatoms. The summed E-state index contributed by atoms with van der Waals surface area (Å²) < 4.78 is 15.6. The Morgan fingerprint density at radius 3 is 2.25 bits per heavy atom. The van der Waals surface area contributed by atoms with Crippen LogP contribution in [0.5, 0.6) is 0 Å². The number of rotatable bonds is 7. The highest BCUT2D eigenvalue weighted by atomic mass is 32.2. The Balaban J connectivity index is 2.53. The van der Waals surface area contributed by atoms with Crippen molar-refractivity contribution in [1.82, 2.24) is 0 Å². The van der Waals surface area contributed by atoms with Crippen LogP contribution >= 0.6 is 11.8 Å². The smallest absolute Gasteiger partial charge is 0.183 e. The zero-order valence-electron chi connectivity index (χ0n) is 9.93. The monoisotopic (exact) mass is 242 g/mol. The first-order valence-electron chi connectivity index (χ1n) is 5.18. The van der Waals surface area contributed by atoms with Gasteiger partial charge in [0.15, 0.2) is 6.29 Å². The lowest BCUT2D eigenvalue weighted by Crippen LogP contribution is -2.03. The van der Waals surface area contributed by atoms with E-state index in [4.69, 9.17) is 14.2 Å². The van der Waals surface area contributed by atoms with Crippen molar-refractivity contribution in [2.45, 2.75) is 18.1 Å². The molecule has 0 saturated heterocycles. The van der Waals surface area contributed by atoms with Gasteiger partial charge in [-0.2, -0.15) is 0 Å². The van der Waals surface area contributed by atoms with Crippen LogP contribution in [0.25, 0.3) is 0 Å². The second kappa shape index (κ2) is 7.68. The Labute approximate surface area is 101 Å². The van der Waals surface area contributed by atoms with Crippen LogP contribution in [0, 0.1) is 0 Å². The number of hydrogen-bond acceptors (Lipinski definition) is 4. The predicted molar refractivity (Wildman–Crippen MR) is 65.6 cm³/mol. The average Bonchev–Trinajstić information content (AvgIpc) is 2.33. The first kappa shape index (κ1) is 13.5. The van der Waals surface area contributed by atoms with Crippen LogP contribution in [-0.2, 0) is 14.2 Å². The fourth-order valence-corrected chi connectivity index (χ4v) is 2.00. The molecule has 0 fully saturated rings. The molecule has 1 rings (SSSR count). The summed E-state index contributed by atoms with van der Waals surface area (Å²) in [7, 11) is 3.26. The summed E-state index contributed by atoms with van der Waals surface area (Å²) in [6, 6.07) is 8.10. The van der Waals surface area contributed by atoms with E-state index in [0.717, 1.165) is 12.2 Å². The van der Waals surface area contributed by atoms with Crippen LogP contribution in [0.1, 0.15) is 18.8 Å². The molecule has 0 unspecified atom stereocenters. The number of hydrogen-bond donors (Lipinski definition) is 0. The van der Waals surface area contributed by atoms with Gasteiger partial charge in [0.05, 0.1) is 5.94 Å². The SMILES string of the molecule is CCOCSc1ccc(C(OC)OC)cc1. The third-order valence-electron chi connectivity index (χ3n) is 2.09. The maximum atomic E-state index is 5.27. The second-order valence-corrected chi connectivity index (χ2v) is 4.12. The van der Waals surface area contributed by atoms with Crippen molar-refractivity contribution in [3.63, 3.8) is 0 Å². The van der Waals surface area contributed by atoms with E-state index in [1.165, 1.54) is 4.90 Å². The Morgan fingerprint density at radius 1 is 1.12 bits per heavy atom. The lowest BCUT2D eigenvalue weighted by molar-refractivity contribution is -0.106. The minimum Gasteiger partial charge on any atom is -0.371 e.